The summed E-state index contributed by atoms with van der Waals surface area (Å²) in [5, 5.41) is 0. The number of carbonyl (C=O) groups is 2. The van der Waals surface area contributed by atoms with Gasteiger partial charge in [0.2, 0.25) is 0 Å². The van der Waals surface area contributed by atoms with Gasteiger partial charge in [-0.3, -0.25) is 4.79 Å². The average Bonchev–Trinajstić information content (AvgIpc) is 3.40. The highest BCUT2D eigenvalue weighted by Crippen LogP contribution is 2.47. The fourth-order valence-electron chi connectivity index (χ4n) is 6.69. The molecule has 3 aliphatic heterocycles. The van der Waals surface area contributed by atoms with Gasteiger partial charge < -0.3 is 26.4 Å². The maximum absolute atomic E-state index is 14.0. The van der Waals surface area contributed by atoms with E-state index >= 15 is 0 Å². The Balaban J connectivity index is 0.00000274. The molecule has 2 aromatic carbocycles. The van der Waals surface area contributed by atoms with Gasteiger partial charge in [-0.25, -0.2) is 4.79 Å². The quantitative estimate of drug-likeness (QED) is 0.464. The first-order valence-corrected chi connectivity index (χ1v) is 12.5. The minimum Gasteiger partial charge on any atom is -1.00 e. The van der Waals surface area contributed by atoms with Crippen molar-refractivity contribution in [3.63, 3.8) is 0 Å². The second-order valence-electron chi connectivity index (χ2n) is 9.88. The first kappa shape index (κ1) is 24.7. The molecule has 3 heterocycles. The number of nitrogens with zero attached hydrogens (tertiary/aromatic N) is 1. The first-order valence-electron chi connectivity index (χ1n) is 12.5. The number of rotatable bonds is 6. The fourth-order valence-corrected chi connectivity index (χ4v) is 6.69. The standard InChI is InChI=1S/C28H34NO4.ClH/c1-2-26(30)33-28(21-11-5-3-6-12-21,22-13-7-4-8-14-22)27(31)32-25-19-23-15-16-24(20-25)29(23)17-9-10-18-29;/h3-8,11-14,23-25H,2,9-10,15-20H2,1H3;1H/q+1;/p-1. The van der Waals surface area contributed by atoms with Gasteiger partial charge in [-0.2, -0.15) is 0 Å². The molecule has 1 spiro atoms. The van der Waals surface area contributed by atoms with Crippen LogP contribution in [0, 0.1) is 0 Å². The lowest BCUT2D eigenvalue weighted by Crippen LogP contribution is -3.00. The highest BCUT2D eigenvalue weighted by Gasteiger charge is 2.57. The van der Waals surface area contributed by atoms with Crippen molar-refractivity contribution in [1.82, 2.24) is 0 Å². The largest absolute Gasteiger partial charge is 1.00 e. The zero-order valence-electron chi connectivity index (χ0n) is 19.8. The molecule has 0 saturated carbocycles. The average molecular weight is 484 g/mol. The monoisotopic (exact) mass is 483 g/mol. The number of benzene rings is 2. The van der Waals surface area contributed by atoms with E-state index in [-0.39, 0.29) is 24.9 Å². The molecular weight excluding hydrogens is 450 g/mol. The van der Waals surface area contributed by atoms with E-state index in [1.54, 1.807) is 6.92 Å². The van der Waals surface area contributed by atoms with E-state index in [2.05, 4.69) is 0 Å². The molecule has 2 bridgehead atoms. The number of quaternary nitrogens is 1. The van der Waals surface area contributed by atoms with Gasteiger partial charge in [0.05, 0.1) is 25.2 Å². The Bertz CT molecular complexity index is 934. The summed E-state index contributed by atoms with van der Waals surface area (Å²) in [4.78, 5) is 26.6. The summed E-state index contributed by atoms with van der Waals surface area (Å²) in [6.45, 7) is 4.30. The molecule has 182 valence electrons. The number of hydrogen-bond donors (Lipinski definition) is 0. The van der Waals surface area contributed by atoms with Crippen LogP contribution in [0.15, 0.2) is 60.7 Å². The van der Waals surface area contributed by atoms with Crippen molar-refractivity contribution in [1.29, 1.82) is 0 Å². The number of piperidine rings is 1. The van der Waals surface area contributed by atoms with Crippen molar-refractivity contribution in [2.24, 2.45) is 0 Å². The second-order valence-corrected chi connectivity index (χ2v) is 9.88. The van der Waals surface area contributed by atoms with Crippen LogP contribution in [0.1, 0.15) is 63.0 Å². The van der Waals surface area contributed by atoms with Gasteiger partial charge in [-0.05, 0) is 0 Å². The summed E-state index contributed by atoms with van der Waals surface area (Å²) < 4.78 is 13.5. The molecule has 3 fully saturated rings. The van der Waals surface area contributed by atoms with Gasteiger partial charge in [-0.1, -0.05) is 67.6 Å². The summed E-state index contributed by atoms with van der Waals surface area (Å²) in [7, 11) is 0. The van der Waals surface area contributed by atoms with Crippen LogP contribution in [0.2, 0.25) is 0 Å². The molecule has 0 amide bonds. The van der Waals surface area contributed by atoms with Gasteiger partial charge in [-0.15, -0.1) is 0 Å². The van der Waals surface area contributed by atoms with Gasteiger partial charge in [0, 0.05) is 56.1 Å². The van der Waals surface area contributed by atoms with Crippen LogP contribution in [0.5, 0.6) is 0 Å². The third-order valence-corrected chi connectivity index (χ3v) is 8.23. The number of esters is 2. The molecule has 0 aromatic heterocycles. The van der Waals surface area contributed by atoms with Crippen LogP contribution in [0.25, 0.3) is 0 Å². The van der Waals surface area contributed by atoms with Crippen molar-refractivity contribution in [2.75, 3.05) is 13.1 Å². The highest BCUT2D eigenvalue weighted by atomic mass is 35.5. The molecule has 0 radical (unpaired) electrons. The molecule has 6 heteroatoms. The van der Waals surface area contributed by atoms with Crippen LogP contribution in [-0.4, -0.2) is 47.7 Å². The van der Waals surface area contributed by atoms with E-state index in [4.69, 9.17) is 9.47 Å². The minimum atomic E-state index is -1.61. The molecule has 0 aliphatic carbocycles. The van der Waals surface area contributed by atoms with Crippen LogP contribution in [0.4, 0.5) is 0 Å². The minimum absolute atomic E-state index is 0. The lowest BCUT2D eigenvalue weighted by molar-refractivity contribution is -0.956. The molecule has 3 saturated heterocycles. The van der Waals surface area contributed by atoms with Crippen molar-refractivity contribution in [3.05, 3.63) is 71.8 Å². The molecule has 2 aromatic rings. The Morgan fingerprint density at radius 2 is 1.38 bits per heavy atom. The van der Waals surface area contributed by atoms with Crippen LogP contribution >= 0.6 is 0 Å². The lowest BCUT2D eigenvalue weighted by atomic mass is 9.85. The lowest BCUT2D eigenvalue weighted by Gasteiger charge is -2.47. The fraction of sp³-hybridized carbons (Fsp3) is 0.500. The van der Waals surface area contributed by atoms with Crippen LogP contribution in [0.3, 0.4) is 0 Å². The summed E-state index contributed by atoms with van der Waals surface area (Å²) >= 11 is 0. The number of hydrogen-bond acceptors (Lipinski definition) is 4. The Hall–Kier alpha value is -2.37. The van der Waals surface area contributed by atoms with Crippen molar-refractivity contribution < 1.29 is 36.0 Å². The van der Waals surface area contributed by atoms with E-state index < -0.39 is 17.5 Å². The molecule has 2 unspecified atom stereocenters. The van der Waals surface area contributed by atoms with Gasteiger partial charge >= 0.3 is 11.9 Å². The molecule has 2 atom stereocenters. The van der Waals surface area contributed by atoms with Gasteiger partial charge in [0.15, 0.2) is 0 Å². The predicted molar refractivity (Wildman–Crippen MR) is 125 cm³/mol. The van der Waals surface area contributed by atoms with E-state index in [1.807, 2.05) is 60.7 Å². The number of halogens is 1. The topological polar surface area (TPSA) is 52.6 Å². The van der Waals surface area contributed by atoms with Crippen molar-refractivity contribution >= 4 is 11.9 Å². The smallest absolute Gasteiger partial charge is 0.360 e. The maximum atomic E-state index is 14.0. The Morgan fingerprint density at radius 1 is 0.882 bits per heavy atom. The molecular formula is C28H34ClNO4. The predicted octanol–water partition coefficient (Wildman–Crippen LogP) is 1.73. The van der Waals surface area contributed by atoms with Crippen molar-refractivity contribution in [2.45, 2.75) is 75.7 Å². The highest BCUT2D eigenvalue weighted by molar-refractivity contribution is 5.89. The Kier molecular flexibility index (Phi) is 7.34. The van der Waals surface area contributed by atoms with Crippen molar-refractivity contribution in [3.8, 4) is 0 Å². The van der Waals surface area contributed by atoms with Gasteiger partial charge in [0.25, 0.3) is 5.60 Å². The number of ether oxygens (including phenoxy) is 2. The van der Waals surface area contributed by atoms with E-state index in [0.717, 1.165) is 12.8 Å². The van der Waals surface area contributed by atoms with E-state index in [0.29, 0.717) is 23.2 Å². The second kappa shape index (κ2) is 10.1. The first-order chi connectivity index (χ1) is 16.1. The molecule has 0 N–H and O–H groups in total. The zero-order chi connectivity index (χ0) is 22.9. The normalized spacial score (nSPS) is 24.9. The Morgan fingerprint density at radius 3 is 1.85 bits per heavy atom. The zero-order valence-corrected chi connectivity index (χ0v) is 20.6. The SMILES string of the molecule is CCC(=O)OC(C(=O)OC1CC2CCC(C1)[N+]21CCCC1)(c1ccccc1)c1ccccc1.[Cl-]. The molecule has 34 heavy (non-hydrogen) atoms. The third-order valence-electron chi connectivity index (χ3n) is 8.23. The molecule has 3 aliphatic rings. The maximum Gasteiger partial charge on any atom is 0.360 e. The van der Waals surface area contributed by atoms with E-state index in [9.17, 15) is 9.59 Å². The third kappa shape index (κ3) is 4.14. The molecule has 5 nitrogen and oxygen atoms in total. The summed E-state index contributed by atoms with van der Waals surface area (Å²) in [6.07, 6.45) is 6.95. The van der Waals surface area contributed by atoms with Gasteiger partial charge in [0.1, 0.15) is 6.10 Å². The number of carbonyl (C=O) groups excluding carboxylic acids is 2. The van der Waals surface area contributed by atoms with Crippen LogP contribution < -0.4 is 12.4 Å². The molecule has 5 rings (SSSR count). The van der Waals surface area contributed by atoms with E-state index in [1.165, 1.54) is 43.3 Å². The summed E-state index contributed by atoms with van der Waals surface area (Å²) in [5.41, 5.74) is -0.374. The Labute approximate surface area is 208 Å². The summed E-state index contributed by atoms with van der Waals surface area (Å²) in [5.74, 6) is -0.911. The van der Waals surface area contributed by atoms with Crippen LogP contribution in [-0.2, 0) is 24.7 Å². The summed E-state index contributed by atoms with van der Waals surface area (Å²) in [6, 6.07) is 19.8.